The van der Waals surface area contributed by atoms with Crippen LogP contribution < -0.4 is 10.2 Å². The Kier molecular flexibility index (Phi) is 4.31. The Morgan fingerprint density at radius 3 is 3.04 bits per heavy atom. The predicted molar refractivity (Wildman–Crippen MR) is 99.1 cm³/mol. The van der Waals surface area contributed by atoms with Gasteiger partial charge in [-0.1, -0.05) is 17.4 Å². The molecule has 0 saturated carbocycles. The fourth-order valence-electron chi connectivity index (χ4n) is 3.09. The third-order valence-corrected chi connectivity index (χ3v) is 5.34. The van der Waals surface area contributed by atoms with Crippen molar-refractivity contribution in [1.82, 2.24) is 20.3 Å². The molecular weight excluding hydrogens is 334 g/mol. The van der Waals surface area contributed by atoms with E-state index >= 15 is 0 Å². The van der Waals surface area contributed by atoms with Crippen molar-refractivity contribution in [3.63, 3.8) is 0 Å². The second-order valence-corrected chi connectivity index (χ2v) is 7.20. The van der Waals surface area contributed by atoms with Crippen LogP contribution in [0.1, 0.15) is 29.0 Å². The molecule has 0 radical (unpaired) electrons. The molecule has 3 aromatic heterocycles. The van der Waals surface area contributed by atoms with Crippen LogP contribution in [-0.2, 0) is 0 Å². The van der Waals surface area contributed by atoms with E-state index in [0.29, 0.717) is 5.69 Å². The number of fused-ring (bicyclic) bond motifs is 1. The van der Waals surface area contributed by atoms with E-state index < -0.39 is 0 Å². The molecule has 1 saturated heterocycles. The van der Waals surface area contributed by atoms with E-state index in [1.807, 2.05) is 31.2 Å². The molecule has 1 aliphatic rings. The molecule has 4 heterocycles. The zero-order chi connectivity index (χ0) is 17.2. The lowest BCUT2D eigenvalue weighted by molar-refractivity contribution is 0.0928. The number of pyridine rings is 2. The third kappa shape index (κ3) is 3.46. The fourth-order valence-corrected chi connectivity index (χ4v) is 4.03. The van der Waals surface area contributed by atoms with E-state index in [9.17, 15) is 4.79 Å². The summed E-state index contributed by atoms with van der Waals surface area (Å²) in [6.45, 7) is 3.60. The van der Waals surface area contributed by atoms with Gasteiger partial charge in [0.05, 0.1) is 0 Å². The Labute approximate surface area is 149 Å². The lowest BCUT2D eigenvalue weighted by Crippen LogP contribution is -2.48. The largest absolute Gasteiger partial charge is 0.346 e. The molecular formula is C18H19N5OS. The molecule has 0 bridgehead atoms. The van der Waals surface area contributed by atoms with Gasteiger partial charge in [0.1, 0.15) is 16.0 Å². The van der Waals surface area contributed by atoms with Crippen molar-refractivity contribution >= 4 is 32.7 Å². The van der Waals surface area contributed by atoms with Gasteiger partial charge in [-0.15, -0.1) is 0 Å². The van der Waals surface area contributed by atoms with Gasteiger partial charge in [0.25, 0.3) is 5.91 Å². The maximum absolute atomic E-state index is 12.4. The highest BCUT2D eigenvalue weighted by Gasteiger charge is 2.24. The molecule has 6 nitrogen and oxygen atoms in total. The van der Waals surface area contributed by atoms with E-state index in [1.54, 1.807) is 23.6 Å². The summed E-state index contributed by atoms with van der Waals surface area (Å²) in [6, 6.07) is 9.49. The van der Waals surface area contributed by atoms with Crippen LogP contribution in [0.25, 0.3) is 10.3 Å². The van der Waals surface area contributed by atoms with Gasteiger partial charge in [-0.2, -0.15) is 0 Å². The number of nitrogens with zero attached hydrogens (tertiary/aromatic N) is 4. The SMILES string of the molecule is Cc1cccc(C(=O)N[C@@H]2CCCN(c3nc4cccnc4s3)C2)n1. The van der Waals surface area contributed by atoms with Crippen molar-refractivity contribution in [2.45, 2.75) is 25.8 Å². The zero-order valence-corrected chi connectivity index (χ0v) is 14.8. The minimum Gasteiger partial charge on any atom is -0.346 e. The quantitative estimate of drug-likeness (QED) is 0.784. The molecule has 25 heavy (non-hydrogen) atoms. The lowest BCUT2D eigenvalue weighted by atomic mass is 10.1. The number of amides is 1. The highest BCUT2D eigenvalue weighted by atomic mass is 32.1. The lowest BCUT2D eigenvalue weighted by Gasteiger charge is -2.32. The van der Waals surface area contributed by atoms with E-state index in [4.69, 9.17) is 0 Å². The molecule has 1 fully saturated rings. The number of aryl methyl sites for hydroxylation is 1. The zero-order valence-electron chi connectivity index (χ0n) is 14.0. The number of aromatic nitrogens is 3. The molecule has 0 aliphatic carbocycles. The summed E-state index contributed by atoms with van der Waals surface area (Å²) in [6.07, 6.45) is 3.78. The highest BCUT2D eigenvalue weighted by Crippen LogP contribution is 2.29. The van der Waals surface area contributed by atoms with Crippen LogP contribution in [0.15, 0.2) is 36.5 Å². The standard InChI is InChI=1S/C18H19N5OS/c1-12-5-2-7-14(20-12)16(24)21-13-6-4-10-23(11-13)18-22-15-8-3-9-19-17(15)25-18/h2-3,5,7-9,13H,4,6,10-11H2,1H3,(H,21,24)/t13-/m1/s1. The van der Waals surface area contributed by atoms with Gasteiger partial charge in [-0.25, -0.2) is 15.0 Å². The molecule has 1 atom stereocenters. The van der Waals surface area contributed by atoms with Gasteiger partial charge in [-0.3, -0.25) is 4.79 Å². The summed E-state index contributed by atoms with van der Waals surface area (Å²) in [7, 11) is 0. The summed E-state index contributed by atoms with van der Waals surface area (Å²) in [5, 5.41) is 4.09. The highest BCUT2D eigenvalue weighted by molar-refractivity contribution is 7.21. The van der Waals surface area contributed by atoms with E-state index in [0.717, 1.165) is 47.1 Å². The number of carbonyl (C=O) groups is 1. The first kappa shape index (κ1) is 16.0. The third-order valence-electron chi connectivity index (χ3n) is 4.30. The maximum Gasteiger partial charge on any atom is 0.270 e. The average Bonchev–Trinajstić information content (AvgIpc) is 3.06. The minimum absolute atomic E-state index is 0.100. The molecule has 1 aliphatic heterocycles. The fraction of sp³-hybridized carbons (Fsp3) is 0.333. The molecule has 3 aromatic rings. The van der Waals surface area contributed by atoms with Crippen LogP contribution in [0, 0.1) is 6.92 Å². The van der Waals surface area contributed by atoms with Crippen molar-refractivity contribution in [3.8, 4) is 0 Å². The molecule has 7 heteroatoms. The van der Waals surface area contributed by atoms with E-state index in [2.05, 4.69) is 25.2 Å². The molecule has 1 amide bonds. The summed E-state index contributed by atoms with van der Waals surface area (Å²) in [5.41, 5.74) is 2.25. The molecule has 1 N–H and O–H groups in total. The Balaban J connectivity index is 1.46. The van der Waals surface area contributed by atoms with E-state index in [1.165, 1.54) is 0 Å². The summed E-state index contributed by atoms with van der Waals surface area (Å²) >= 11 is 1.60. The number of hydrogen-bond donors (Lipinski definition) is 1. The summed E-state index contributed by atoms with van der Waals surface area (Å²) in [5.74, 6) is -0.110. The van der Waals surface area contributed by atoms with Crippen molar-refractivity contribution < 1.29 is 4.79 Å². The molecule has 0 unspecified atom stereocenters. The normalized spacial score (nSPS) is 17.6. The first-order valence-electron chi connectivity index (χ1n) is 8.40. The first-order valence-corrected chi connectivity index (χ1v) is 9.22. The van der Waals surface area contributed by atoms with Crippen molar-refractivity contribution in [3.05, 3.63) is 47.9 Å². The van der Waals surface area contributed by atoms with Crippen LogP contribution in [0.3, 0.4) is 0 Å². The monoisotopic (exact) mass is 353 g/mol. The van der Waals surface area contributed by atoms with Gasteiger partial charge < -0.3 is 10.2 Å². The molecule has 0 aromatic carbocycles. The van der Waals surface area contributed by atoms with Crippen molar-refractivity contribution in [1.29, 1.82) is 0 Å². The van der Waals surface area contributed by atoms with Crippen LogP contribution in [0.5, 0.6) is 0 Å². The van der Waals surface area contributed by atoms with E-state index in [-0.39, 0.29) is 11.9 Å². The smallest absolute Gasteiger partial charge is 0.270 e. The number of hydrogen-bond acceptors (Lipinski definition) is 6. The number of rotatable bonds is 3. The topological polar surface area (TPSA) is 71.0 Å². The second kappa shape index (κ2) is 6.76. The summed E-state index contributed by atoms with van der Waals surface area (Å²) in [4.78, 5) is 29.0. The molecule has 0 spiro atoms. The predicted octanol–water partition coefficient (Wildman–Crippen LogP) is 2.79. The number of anilines is 1. The molecule has 128 valence electrons. The van der Waals surface area contributed by atoms with Gasteiger partial charge in [0, 0.05) is 31.0 Å². The second-order valence-electron chi connectivity index (χ2n) is 6.25. The van der Waals surface area contributed by atoms with Gasteiger partial charge >= 0.3 is 0 Å². The number of nitrogens with one attached hydrogen (secondary N) is 1. The Morgan fingerprint density at radius 2 is 2.20 bits per heavy atom. The van der Waals surface area contributed by atoms with Crippen LogP contribution in [0.2, 0.25) is 0 Å². The van der Waals surface area contributed by atoms with Crippen molar-refractivity contribution in [2.24, 2.45) is 0 Å². The van der Waals surface area contributed by atoms with Gasteiger partial charge in [-0.05, 0) is 44.0 Å². The average molecular weight is 353 g/mol. The van der Waals surface area contributed by atoms with Crippen LogP contribution in [-0.4, -0.2) is 40.0 Å². The Hall–Kier alpha value is -2.54. The number of piperidine rings is 1. The molecule has 4 rings (SSSR count). The van der Waals surface area contributed by atoms with Crippen LogP contribution in [0.4, 0.5) is 5.13 Å². The van der Waals surface area contributed by atoms with Gasteiger partial charge in [0.15, 0.2) is 5.13 Å². The van der Waals surface area contributed by atoms with Crippen LogP contribution >= 0.6 is 11.3 Å². The first-order chi connectivity index (χ1) is 12.2. The summed E-state index contributed by atoms with van der Waals surface area (Å²) < 4.78 is 0. The van der Waals surface area contributed by atoms with Crippen molar-refractivity contribution in [2.75, 3.05) is 18.0 Å². The number of thiazole rings is 1. The minimum atomic E-state index is -0.110. The van der Waals surface area contributed by atoms with Gasteiger partial charge in [0.2, 0.25) is 0 Å². The maximum atomic E-state index is 12.4. The Bertz CT molecular complexity index is 876. The number of carbonyl (C=O) groups excluding carboxylic acids is 1. The Morgan fingerprint density at radius 1 is 1.28 bits per heavy atom.